The van der Waals surface area contributed by atoms with Crippen LogP contribution in [0.1, 0.15) is 11.1 Å². The zero-order valence-corrected chi connectivity index (χ0v) is 27.1. The molecule has 4 aromatic carbocycles. The van der Waals surface area contributed by atoms with Gasteiger partial charge in [-0.3, -0.25) is 9.10 Å². The van der Waals surface area contributed by atoms with Crippen LogP contribution >= 0.6 is 27.5 Å². The van der Waals surface area contributed by atoms with Gasteiger partial charge < -0.3 is 18.9 Å². The van der Waals surface area contributed by atoms with Crippen molar-refractivity contribution in [3.05, 3.63) is 106 Å². The van der Waals surface area contributed by atoms with Crippen molar-refractivity contribution in [1.82, 2.24) is 5.43 Å². The summed E-state index contributed by atoms with van der Waals surface area (Å²) < 4.78 is 51.0. The standard InChI is InChI=1S/C31H29BrClN3O7S/c1-40-27-14-13-25(17-28(27)41-2)44(38,39)36(24-7-5-4-6-8-24)19-30(37)35-34-18-22-15-26(32)31(29(16-22)42-3)43-20-21-9-11-23(33)12-10-21/h4-18H,19-20H2,1-3H3,(H,35,37)/b34-18-. The van der Waals surface area contributed by atoms with Crippen molar-refractivity contribution in [2.75, 3.05) is 32.2 Å². The van der Waals surface area contributed by atoms with Crippen molar-refractivity contribution in [2.45, 2.75) is 11.5 Å². The third-order valence-electron chi connectivity index (χ3n) is 6.23. The van der Waals surface area contributed by atoms with Gasteiger partial charge in [-0.05, 0) is 75.6 Å². The van der Waals surface area contributed by atoms with Gasteiger partial charge >= 0.3 is 0 Å². The number of benzene rings is 4. The maximum atomic E-state index is 13.7. The summed E-state index contributed by atoms with van der Waals surface area (Å²) in [6.45, 7) is -0.248. The van der Waals surface area contributed by atoms with E-state index in [0.717, 1.165) is 9.87 Å². The maximum absolute atomic E-state index is 13.7. The van der Waals surface area contributed by atoms with Gasteiger partial charge in [0.2, 0.25) is 0 Å². The number of methoxy groups -OCH3 is 3. The summed E-state index contributed by atoms with van der Waals surface area (Å²) in [5, 5.41) is 4.66. The first-order chi connectivity index (χ1) is 21.2. The molecular formula is C31H29BrClN3O7S. The number of anilines is 1. The summed E-state index contributed by atoms with van der Waals surface area (Å²) >= 11 is 9.46. The number of hydrogen-bond donors (Lipinski definition) is 1. The number of rotatable bonds is 13. The zero-order valence-electron chi connectivity index (χ0n) is 24.0. The molecule has 0 heterocycles. The molecule has 0 aliphatic rings. The average molecular weight is 703 g/mol. The molecule has 4 rings (SSSR count). The minimum absolute atomic E-state index is 0.0781. The molecule has 0 spiro atoms. The molecule has 0 radical (unpaired) electrons. The number of hydrazone groups is 1. The predicted octanol–water partition coefficient (Wildman–Crippen LogP) is 6.05. The highest BCUT2D eigenvalue weighted by Crippen LogP contribution is 2.37. The summed E-state index contributed by atoms with van der Waals surface area (Å²) in [4.78, 5) is 12.9. The number of halogens is 2. The fourth-order valence-electron chi connectivity index (χ4n) is 4.05. The van der Waals surface area contributed by atoms with Gasteiger partial charge in [0.05, 0.1) is 42.6 Å². The van der Waals surface area contributed by atoms with Crippen molar-refractivity contribution >= 4 is 55.4 Å². The van der Waals surface area contributed by atoms with E-state index in [4.69, 9.17) is 30.5 Å². The molecule has 230 valence electrons. The van der Waals surface area contributed by atoms with Crippen LogP contribution in [-0.4, -0.2) is 48.4 Å². The van der Waals surface area contributed by atoms with E-state index in [0.29, 0.717) is 44.6 Å². The van der Waals surface area contributed by atoms with Crippen LogP contribution in [0.2, 0.25) is 5.02 Å². The molecule has 0 aromatic heterocycles. The minimum Gasteiger partial charge on any atom is -0.493 e. The van der Waals surface area contributed by atoms with Gasteiger partial charge in [0.1, 0.15) is 13.2 Å². The summed E-state index contributed by atoms with van der Waals surface area (Å²) in [7, 11) is 0.180. The molecule has 1 amide bonds. The van der Waals surface area contributed by atoms with E-state index in [1.807, 2.05) is 12.1 Å². The number of hydrogen-bond acceptors (Lipinski definition) is 8. The van der Waals surface area contributed by atoms with Crippen LogP contribution in [-0.2, 0) is 21.4 Å². The SMILES string of the molecule is COc1ccc(S(=O)(=O)N(CC(=O)N/N=C\c2cc(Br)c(OCc3ccc(Cl)cc3)c(OC)c2)c2ccccc2)cc1OC. The maximum Gasteiger partial charge on any atom is 0.264 e. The Morgan fingerprint density at radius 3 is 2.25 bits per heavy atom. The van der Waals surface area contributed by atoms with Crippen LogP contribution in [0.3, 0.4) is 0 Å². The summed E-state index contributed by atoms with van der Waals surface area (Å²) in [5.74, 6) is 0.871. The van der Waals surface area contributed by atoms with Crippen molar-refractivity contribution in [3.63, 3.8) is 0 Å². The van der Waals surface area contributed by atoms with E-state index >= 15 is 0 Å². The minimum atomic E-state index is -4.19. The molecule has 0 saturated heterocycles. The first-order valence-corrected chi connectivity index (χ1v) is 15.6. The Hall–Kier alpha value is -4.26. The lowest BCUT2D eigenvalue weighted by Crippen LogP contribution is -2.39. The van der Waals surface area contributed by atoms with Crippen molar-refractivity contribution in [2.24, 2.45) is 5.10 Å². The number of carbonyl (C=O) groups excluding carboxylic acids is 1. The fourth-order valence-corrected chi connectivity index (χ4v) is 6.19. The number of ether oxygens (including phenoxy) is 4. The molecule has 44 heavy (non-hydrogen) atoms. The van der Waals surface area contributed by atoms with Gasteiger partial charge in [-0.15, -0.1) is 0 Å². The third-order valence-corrected chi connectivity index (χ3v) is 8.84. The number of sulfonamides is 1. The molecule has 0 aliphatic heterocycles. The lowest BCUT2D eigenvalue weighted by atomic mass is 10.2. The Kier molecular flexibility index (Phi) is 11.1. The molecule has 0 bridgehead atoms. The molecule has 0 atom stereocenters. The topological polar surface area (TPSA) is 116 Å². The zero-order chi connectivity index (χ0) is 31.7. The second-order valence-corrected chi connectivity index (χ2v) is 12.3. The third kappa shape index (κ3) is 8.01. The van der Waals surface area contributed by atoms with E-state index < -0.39 is 22.5 Å². The van der Waals surface area contributed by atoms with Gasteiger partial charge in [0.25, 0.3) is 15.9 Å². The van der Waals surface area contributed by atoms with Crippen LogP contribution in [0.5, 0.6) is 23.0 Å². The summed E-state index contributed by atoms with van der Waals surface area (Å²) in [5.41, 5.74) is 4.21. The first-order valence-electron chi connectivity index (χ1n) is 13.0. The van der Waals surface area contributed by atoms with Gasteiger partial charge in [0, 0.05) is 11.1 Å². The normalized spacial score (nSPS) is 11.2. The lowest BCUT2D eigenvalue weighted by molar-refractivity contribution is -0.119. The Labute approximate surface area is 269 Å². The van der Waals surface area contributed by atoms with E-state index in [2.05, 4.69) is 26.5 Å². The second kappa shape index (κ2) is 15.0. The number of para-hydroxylation sites is 1. The molecule has 0 unspecified atom stereocenters. The van der Waals surface area contributed by atoms with Crippen LogP contribution in [0.4, 0.5) is 5.69 Å². The number of nitrogens with zero attached hydrogens (tertiary/aromatic N) is 2. The van der Waals surface area contributed by atoms with Crippen LogP contribution < -0.4 is 28.7 Å². The molecule has 4 aromatic rings. The van der Waals surface area contributed by atoms with Crippen molar-refractivity contribution < 1.29 is 32.2 Å². The molecular weight excluding hydrogens is 674 g/mol. The molecule has 1 N–H and O–H groups in total. The van der Waals surface area contributed by atoms with Gasteiger partial charge in [0.15, 0.2) is 23.0 Å². The number of nitrogens with one attached hydrogen (secondary N) is 1. The fraction of sp³-hybridized carbons (Fsp3) is 0.161. The van der Waals surface area contributed by atoms with Crippen LogP contribution in [0.15, 0.2) is 99.4 Å². The van der Waals surface area contributed by atoms with E-state index in [1.165, 1.54) is 45.7 Å². The summed E-state index contributed by atoms with van der Waals surface area (Å²) in [6, 6.07) is 23.2. The number of carbonyl (C=O) groups is 1. The first kappa shape index (κ1) is 32.6. The van der Waals surface area contributed by atoms with Gasteiger partial charge in [-0.1, -0.05) is 41.9 Å². The quantitative estimate of drug-likeness (QED) is 0.133. The smallest absolute Gasteiger partial charge is 0.264 e. The average Bonchev–Trinajstić information content (AvgIpc) is 3.03. The Morgan fingerprint density at radius 2 is 1.59 bits per heavy atom. The van der Waals surface area contributed by atoms with E-state index in [-0.39, 0.29) is 10.6 Å². The summed E-state index contributed by atoms with van der Waals surface area (Å²) in [6.07, 6.45) is 1.41. The molecule has 10 nitrogen and oxygen atoms in total. The predicted molar refractivity (Wildman–Crippen MR) is 173 cm³/mol. The monoisotopic (exact) mass is 701 g/mol. The number of amides is 1. The highest BCUT2D eigenvalue weighted by atomic mass is 79.9. The molecule has 13 heteroatoms. The van der Waals surface area contributed by atoms with Crippen molar-refractivity contribution in [1.29, 1.82) is 0 Å². The van der Waals surface area contributed by atoms with E-state index in [1.54, 1.807) is 54.6 Å². The van der Waals surface area contributed by atoms with Crippen molar-refractivity contribution in [3.8, 4) is 23.0 Å². The Morgan fingerprint density at radius 1 is 0.909 bits per heavy atom. The largest absolute Gasteiger partial charge is 0.493 e. The van der Waals surface area contributed by atoms with Crippen LogP contribution in [0.25, 0.3) is 0 Å². The molecule has 0 saturated carbocycles. The van der Waals surface area contributed by atoms with E-state index in [9.17, 15) is 13.2 Å². The van der Waals surface area contributed by atoms with Gasteiger partial charge in [-0.2, -0.15) is 5.10 Å². The van der Waals surface area contributed by atoms with Crippen LogP contribution in [0, 0.1) is 0 Å². The Bertz CT molecular complexity index is 1740. The lowest BCUT2D eigenvalue weighted by Gasteiger charge is -2.24. The Balaban J connectivity index is 1.49. The second-order valence-electron chi connectivity index (χ2n) is 9.11. The molecule has 0 fully saturated rings. The highest BCUT2D eigenvalue weighted by Gasteiger charge is 2.28. The van der Waals surface area contributed by atoms with Gasteiger partial charge in [-0.25, -0.2) is 13.8 Å². The highest BCUT2D eigenvalue weighted by molar-refractivity contribution is 9.10. The molecule has 0 aliphatic carbocycles.